The minimum Gasteiger partial charge on any atom is -0.374 e. The Balaban J connectivity index is 2.87. The molecule has 0 aromatic heterocycles. The highest BCUT2D eigenvalue weighted by Gasteiger charge is 2.08. The second-order valence-electron chi connectivity index (χ2n) is 4.73. The standard InChI is InChI=1S/C14H23ClN2/c1-5-8-17(4)14-9-13(15)7-6-12(14)10-16-11(2)3/h6-7,9,11,16H,5,8,10H2,1-4H3. The maximum Gasteiger partial charge on any atom is 0.0426 e. The van der Waals surface area contributed by atoms with E-state index in [1.165, 1.54) is 11.3 Å². The zero-order valence-corrected chi connectivity index (χ0v) is 12.0. The first-order valence-corrected chi connectivity index (χ1v) is 6.65. The summed E-state index contributed by atoms with van der Waals surface area (Å²) in [6, 6.07) is 6.62. The van der Waals surface area contributed by atoms with Gasteiger partial charge in [-0.05, 0) is 24.1 Å². The Kier molecular flexibility index (Phi) is 5.79. The average Bonchev–Trinajstić information content (AvgIpc) is 2.27. The van der Waals surface area contributed by atoms with Gasteiger partial charge in [0, 0.05) is 36.9 Å². The topological polar surface area (TPSA) is 15.3 Å². The molecule has 0 aliphatic rings. The first kappa shape index (κ1) is 14.3. The van der Waals surface area contributed by atoms with Crippen LogP contribution in [-0.4, -0.2) is 19.6 Å². The first-order chi connectivity index (χ1) is 8.04. The predicted octanol–water partition coefficient (Wildman–Crippen LogP) is 3.68. The van der Waals surface area contributed by atoms with Crippen molar-refractivity contribution in [1.29, 1.82) is 0 Å². The lowest BCUT2D eigenvalue weighted by atomic mass is 10.1. The van der Waals surface area contributed by atoms with Crippen LogP contribution in [0.4, 0.5) is 5.69 Å². The highest BCUT2D eigenvalue weighted by Crippen LogP contribution is 2.24. The van der Waals surface area contributed by atoms with E-state index < -0.39 is 0 Å². The van der Waals surface area contributed by atoms with Crippen molar-refractivity contribution >= 4 is 17.3 Å². The van der Waals surface area contributed by atoms with Crippen LogP contribution in [0.25, 0.3) is 0 Å². The number of hydrogen-bond donors (Lipinski definition) is 1. The molecular formula is C14H23ClN2. The molecule has 0 fully saturated rings. The van der Waals surface area contributed by atoms with Gasteiger partial charge in [0.05, 0.1) is 0 Å². The zero-order chi connectivity index (χ0) is 12.8. The van der Waals surface area contributed by atoms with Crippen molar-refractivity contribution in [3.05, 3.63) is 28.8 Å². The summed E-state index contributed by atoms with van der Waals surface area (Å²) in [7, 11) is 2.12. The van der Waals surface area contributed by atoms with Crippen molar-refractivity contribution in [2.75, 3.05) is 18.5 Å². The van der Waals surface area contributed by atoms with Gasteiger partial charge in [0.2, 0.25) is 0 Å². The minimum atomic E-state index is 0.495. The van der Waals surface area contributed by atoms with E-state index in [4.69, 9.17) is 11.6 Å². The molecule has 0 saturated carbocycles. The summed E-state index contributed by atoms with van der Waals surface area (Å²) in [6.07, 6.45) is 1.14. The summed E-state index contributed by atoms with van der Waals surface area (Å²) in [5.74, 6) is 0. The second-order valence-corrected chi connectivity index (χ2v) is 5.17. The fourth-order valence-corrected chi connectivity index (χ4v) is 1.98. The molecule has 0 atom stereocenters. The molecule has 0 aliphatic heterocycles. The minimum absolute atomic E-state index is 0.495. The van der Waals surface area contributed by atoms with E-state index in [2.05, 4.69) is 50.2 Å². The summed E-state index contributed by atoms with van der Waals surface area (Å²) in [4.78, 5) is 2.27. The molecule has 0 spiro atoms. The number of anilines is 1. The third-order valence-electron chi connectivity index (χ3n) is 2.72. The SMILES string of the molecule is CCCN(C)c1cc(Cl)ccc1CNC(C)C. The molecule has 0 aliphatic carbocycles. The van der Waals surface area contributed by atoms with Gasteiger partial charge >= 0.3 is 0 Å². The van der Waals surface area contributed by atoms with Gasteiger partial charge in [-0.1, -0.05) is 38.4 Å². The van der Waals surface area contributed by atoms with Crippen molar-refractivity contribution in [2.45, 2.75) is 39.8 Å². The Labute approximate surface area is 110 Å². The van der Waals surface area contributed by atoms with Crippen LogP contribution in [-0.2, 0) is 6.54 Å². The van der Waals surface area contributed by atoms with Crippen LogP contribution >= 0.6 is 11.6 Å². The van der Waals surface area contributed by atoms with E-state index in [-0.39, 0.29) is 0 Å². The fourth-order valence-electron chi connectivity index (χ4n) is 1.81. The van der Waals surface area contributed by atoms with Crippen LogP contribution in [0.15, 0.2) is 18.2 Å². The molecule has 1 N–H and O–H groups in total. The monoisotopic (exact) mass is 254 g/mol. The zero-order valence-electron chi connectivity index (χ0n) is 11.3. The molecule has 0 heterocycles. The van der Waals surface area contributed by atoms with Gasteiger partial charge in [-0.25, -0.2) is 0 Å². The highest BCUT2D eigenvalue weighted by molar-refractivity contribution is 6.30. The summed E-state index contributed by atoms with van der Waals surface area (Å²) >= 11 is 6.08. The second kappa shape index (κ2) is 6.87. The maximum absolute atomic E-state index is 6.08. The third kappa shape index (κ3) is 4.57. The van der Waals surface area contributed by atoms with E-state index in [1.54, 1.807) is 0 Å². The lowest BCUT2D eigenvalue weighted by molar-refractivity contribution is 0.588. The van der Waals surface area contributed by atoms with Gasteiger partial charge < -0.3 is 10.2 Å². The summed E-state index contributed by atoms with van der Waals surface area (Å²) in [6.45, 7) is 8.44. The van der Waals surface area contributed by atoms with Crippen molar-refractivity contribution < 1.29 is 0 Å². The lowest BCUT2D eigenvalue weighted by Gasteiger charge is -2.23. The molecule has 1 aromatic rings. The first-order valence-electron chi connectivity index (χ1n) is 6.27. The molecule has 96 valence electrons. The van der Waals surface area contributed by atoms with Gasteiger partial charge in [0.25, 0.3) is 0 Å². The molecule has 0 bridgehead atoms. The lowest BCUT2D eigenvalue weighted by Crippen LogP contribution is -2.25. The smallest absolute Gasteiger partial charge is 0.0426 e. The molecule has 0 saturated heterocycles. The van der Waals surface area contributed by atoms with Crippen LogP contribution in [0.3, 0.4) is 0 Å². The Morgan fingerprint density at radius 3 is 2.65 bits per heavy atom. The highest BCUT2D eigenvalue weighted by atomic mass is 35.5. The van der Waals surface area contributed by atoms with Gasteiger partial charge in [-0.15, -0.1) is 0 Å². The van der Waals surface area contributed by atoms with Gasteiger partial charge in [0.15, 0.2) is 0 Å². The van der Waals surface area contributed by atoms with Gasteiger partial charge in [0.1, 0.15) is 0 Å². The molecule has 0 amide bonds. The van der Waals surface area contributed by atoms with Crippen molar-refractivity contribution in [2.24, 2.45) is 0 Å². The van der Waals surface area contributed by atoms with Crippen LogP contribution in [0.1, 0.15) is 32.8 Å². The molecule has 1 aromatic carbocycles. The predicted molar refractivity (Wildman–Crippen MR) is 77.0 cm³/mol. The number of hydrogen-bond acceptors (Lipinski definition) is 2. The number of nitrogens with one attached hydrogen (secondary N) is 1. The van der Waals surface area contributed by atoms with E-state index in [9.17, 15) is 0 Å². The van der Waals surface area contributed by atoms with Crippen LogP contribution in [0.2, 0.25) is 5.02 Å². The Bertz CT molecular complexity index is 350. The molecule has 3 heteroatoms. The van der Waals surface area contributed by atoms with Gasteiger partial charge in [-0.3, -0.25) is 0 Å². The van der Waals surface area contributed by atoms with Crippen molar-refractivity contribution in [1.82, 2.24) is 5.32 Å². The average molecular weight is 255 g/mol. The molecule has 17 heavy (non-hydrogen) atoms. The Morgan fingerprint density at radius 2 is 2.06 bits per heavy atom. The van der Waals surface area contributed by atoms with Crippen molar-refractivity contribution in [3.8, 4) is 0 Å². The summed E-state index contributed by atoms with van der Waals surface area (Å²) in [5.41, 5.74) is 2.53. The molecule has 0 unspecified atom stereocenters. The van der Waals surface area contributed by atoms with Crippen molar-refractivity contribution in [3.63, 3.8) is 0 Å². The quantitative estimate of drug-likeness (QED) is 0.833. The number of nitrogens with zero attached hydrogens (tertiary/aromatic N) is 1. The number of rotatable bonds is 6. The largest absolute Gasteiger partial charge is 0.374 e. The Morgan fingerprint density at radius 1 is 1.35 bits per heavy atom. The molecule has 2 nitrogen and oxygen atoms in total. The molecular weight excluding hydrogens is 232 g/mol. The van der Waals surface area contributed by atoms with E-state index in [1.807, 2.05) is 6.07 Å². The fraction of sp³-hybridized carbons (Fsp3) is 0.571. The van der Waals surface area contributed by atoms with Crippen LogP contribution in [0.5, 0.6) is 0 Å². The third-order valence-corrected chi connectivity index (χ3v) is 2.95. The van der Waals surface area contributed by atoms with Crippen LogP contribution < -0.4 is 10.2 Å². The normalized spacial score (nSPS) is 10.9. The maximum atomic E-state index is 6.08. The van der Waals surface area contributed by atoms with E-state index in [0.29, 0.717) is 6.04 Å². The molecule has 1 rings (SSSR count). The number of halogens is 1. The summed E-state index contributed by atoms with van der Waals surface area (Å²) < 4.78 is 0. The van der Waals surface area contributed by atoms with E-state index in [0.717, 1.165) is 24.5 Å². The van der Waals surface area contributed by atoms with Crippen LogP contribution in [0, 0.1) is 0 Å². The Hall–Kier alpha value is -0.730. The van der Waals surface area contributed by atoms with Gasteiger partial charge in [-0.2, -0.15) is 0 Å². The van der Waals surface area contributed by atoms with E-state index >= 15 is 0 Å². The number of benzene rings is 1. The summed E-state index contributed by atoms with van der Waals surface area (Å²) in [5, 5.41) is 4.25. The molecule has 0 radical (unpaired) electrons.